The van der Waals surface area contributed by atoms with Gasteiger partial charge in [0.15, 0.2) is 0 Å². The fourth-order valence-corrected chi connectivity index (χ4v) is 2.89. The number of rotatable bonds is 2. The Bertz CT molecular complexity index is 598. The number of benzene rings is 1. The van der Waals surface area contributed by atoms with Crippen molar-refractivity contribution in [2.24, 2.45) is 0 Å². The van der Waals surface area contributed by atoms with Gasteiger partial charge in [-0.25, -0.2) is 4.98 Å². The average molecular weight is 293 g/mol. The maximum absolute atomic E-state index is 6.05. The fraction of sp³-hybridized carbons (Fsp3) is 0.267. The molecular weight excluding hydrogens is 279 g/mol. The molecule has 98 valence electrons. The van der Waals surface area contributed by atoms with Crippen molar-refractivity contribution in [1.29, 1.82) is 0 Å². The third kappa shape index (κ3) is 2.56. The molecule has 0 atom stereocenters. The summed E-state index contributed by atoms with van der Waals surface area (Å²) in [4.78, 5) is 6.69. The van der Waals surface area contributed by atoms with Gasteiger partial charge in [-0.2, -0.15) is 0 Å². The largest absolute Gasteiger partial charge is 0.352 e. The van der Waals surface area contributed by atoms with Crippen LogP contribution in [0, 0.1) is 0 Å². The van der Waals surface area contributed by atoms with E-state index in [-0.39, 0.29) is 0 Å². The van der Waals surface area contributed by atoms with Crippen LogP contribution in [0.25, 0.3) is 0 Å². The lowest BCUT2D eigenvalue weighted by molar-refractivity contribution is 0.720. The van der Waals surface area contributed by atoms with Gasteiger partial charge in [0.25, 0.3) is 0 Å². The standard InChI is InChI=1S/C15H14Cl2N2/c16-8-13-7-15(18-9-14(13)17)19-6-5-11-3-1-2-4-12(11)10-19/h1-4,7,9H,5-6,8,10H2. The van der Waals surface area contributed by atoms with Crippen LogP contribution in [0.5, 0.6) is 0 Å². The summed E-state index contributed by atoms with van der Waals surface area (Å²) in [7, 11) is 0. The first-order valence-electron chi connectivity index (χ1n) is 6.30. The van der Waals surface area contributed by atoms with E-state index in [0.29, 0.717) is 10.9 Å². The van der Waals surface area contributed by atoms with Crippen LogP contribution in [0.4, 0.5) is 5.82 Å². The zero-order valence-corrected chi connectivity index (χ0v) is 12.0. The van der Waals surface area contributed by atoms with Gasteiger partial charge in [0.2, 0.25) is 0 Å². The minimum absolute atomic E-state index is 0.415. The Morgan fingerprint density at radius 3 is 2.79 bits per heavy atom. The highest BCUT2D eigenvalue weighted by molar-refractivity contribution is 6.32. The van der Waals surface area contributed by atoms with Crippen molar-refractivity contribution in [2.75, 3.05) is 11.4 Å². The molecule has 3 rings (SSSR count). The lowest BCUT2D eigenvalue weighted by atomic mass is 10.00. The van der Waals surface area contributed by atoms with Crippen molar-refractivity contribution >= 4 is 29.0 Å². The first kappa shape index (κ1) is 12.8. The quantitative estimate of drug-likeness (QED) is 0.777. The maximum Gasteiger partial charge on any atom is 0.129 e. The average Bonchev–Trinajstić information content (AvgIpc) is 2.47. The highest BCUT2D eigenvalue weighted by Crippen LogP contribution is 2.26. The smallest absolute Gasteiger partial charge is 0.129 e. The lowest BCUT2D eigenvalue weighted by Crippen LogP contribution is -2.31. The summed E-state index contributed by atoms with van der Waals surface area (Å²) in [5.41, 5.74) is 3.75. The van der Waals surface area contributed by atoms with Gasteiger partial charge in [0.1, 0.15) is 5.82 Å². The number of fused-ring (bicyclic) bond motifs is 1. The van der Waals surface area contributed by atoms with E-state index in [1.165, 1.54) is 11.1 Å². The summed E-state index contributed by atoms with van der Waals surface area (Å²) >= 11 is 11.9. The molecule has 0 saturated carbocycles. The molecule has 0 radical (unpaired) electrons. The molecule has 1 aromatic carbocycles. The molecule has 0 amide bonds. The lowest BCUT2D eigenvalue weighted by Gasteiger charge is -2.30. The molecule has 4 heteroatoms. The molecular formula is C15H14Cl2N2. The van der Waals surface area contributed by atoms with Gasteiger partial charge >= 0.3 is 0 Å². The molecule has 0 saturated heterocycles. The molecule has 0 N–H and O–H groups in total. The number of hydrogen-bond acceptors (Lipinski definition) is 2. The second-order valence-corrected chi connectivity index (χ2v) is 5.38. The van der Waals surface area contributed by atoms with Crippen LogP contribution in [-0.2, 0) is 18.8 Å². The second-order valence-electron chi connectivity index (χ2n) is 4.71. The molecule has 0 unspecified atom stereocenters. The number of pyridine rings is 1. The Kier molecular flexibility index (Phi) is 3.63. The number of hydrogen-bond donors (Lipinski definition) is 0. The normalized spacial score (nSPS) is 14.3. The van der Waals surface area contributed by atoms with Crippen molar-refractivity contribution in [3.05, 3.63) is 58.2 Å². The molecule has 19 heavy (non-hydrogen) atoms. The second kappa shape index (κ2) is 5.40. The van der Waals surface area contributed by atoms with Gasteiger partial charge in [-0.1, -0.05) is 35.9 Å². The molecule has 2 nitrogen and oxygen atoms in total. The van der Waals surface area contributed by atoms with Crippen molar-refractivity contribution in [2.45, 2.75) is 18.8 Å². The summed E-state index contributed by atoms with van der Waals surface area (Å²) < 4.78 is 0. The van der Waals surface area contributed by atoms with Gasteiger partial charge < -0.3 is 4.90 Å². The Morgan fingerprint density at radius 1 is 1.21 bits per heavy atom. The molecule has 2 aromatic rings. The van der Waals surface area contributed by atoms with E-state index in [2.05, 4.69) is 34.1 Å². The molecule has 2 heterocycles. The van der Waals surface area contributed by atoms with Crippen molar-refractivity contribution in [1.82, 2.24) is 4.98 Å². The summed E-state index contributed by atoms with van der Waals surface area (Å²) in [6, 6.07) is 10.6. The fourth-order valence-electron chi connectivity index (χ4n) is 2.43. The Hall–Kier alpha value is -1.25. The van der Waals surface area contributed by atoms with E-state index in [1.807, 2.05) is 6.07 Å². The van der Waals surface area contributed by atoms with E-state index in [4.69, 9.17) is 23.2 Å². The molecule has 0 fully saturated rings. The summed E-state index contributed by atoms with van der Waals surface area (Å²) in [6.45, 7) is 1.87. The minimum Gasteiger partial charge on any atom is -0.352 e. The molecule has 1 aliphatic rings. The van der Waals surface area contributed by atoms with Gasteiger partial charge in [0, 0.05) is 25.2 Å². The zero-order valence-electron chi connectivity index (χ0n) is 10.4. The van der Waals surface area contributed by atoms with Crippen LogP contribution in [0.2, 0.25) is 5.02 Å². The number of halogens is 2. The van der Waals surface area contributed by atoms with E-state index >= 15 is 0 Å². The highest BCUT2D eigenvalue weighted by atomic mass is 35.5. The number of aromatic nitrogens is 1. The molecule has 0 aliphatic carbocycles. The van der Waals surface area contributed by atoms with E-state index in [1.54, 1.807) is 6.20 Å². The Labute approximate surface area is 123 Å². The van der Waals surface area contributed by atoms with Gasteiger partial charge in [0.05, 0.1) is 5.02 Å². The van der Waals surface area contributed by atoms with Crippen molar-refractivity contribution in [3.63, 3.8) is 0 Å². The van der Waals surface area contributed by atoms with Crippen LogP contribution in [-0.4, -0.2) is 11.5 Å². The van der Waals surface area contributed by atoms with Gasteiger partial charge in [-0.05, 0) is 29.2 Å². The first-order valence-corrected chi connectivity index (χ1v) is 7.21. The Morgan fingerprint density at radius 2 is 2.00 bits per heavy atom. The van der Waals surface area contributed by atoms with Gasteiger partial charge in [-0.15, -0.1) is 11.6 Å². The van der Waals surface area contributed by atoms with Crippen LogP contribution in [0.15, 0.2) is 36.5 Å². The third-order valence-electron chi connectivity index (χ3n) is 3.52. The van der Waals surface area contributed by atoms with Crippen LogP contribution in [0.3, 0.4) is 0 Å². The zero-order chi connectivity index (χ0) is 13.2. The topological polar surface area (TPSA) is 16.1 Å². The SMILES string of the molecule is ClCc1cc(N2CCc3ccccc3C2)ncc1Cl. The van der Waals surface area contributed by atoms with Crippen molar-refractivity contribution in [3.8, 4) is 0 Å². The number of alkyl halides is 1. The monoisotopic (exact) mass is 292 g/mol. The van der Waals surface area contributed by atoms with Crippen LogP contribution in [0.1, 0.15) is 16.7 Å². The van der Waals surface area contributed by atoms with E-state index in [0.717, 1.165) is 30.9 Å². The maximum atomic E-state index is 6.05. The predicted molar refractivity (Wildman–Crippen MR) is 80.0 cm³/mol. The highest BCUT2D eigenvalue weighted by Gasteiger charge is 2.17. The first-order chi connectivity index (χ1) is 9.28. The third-order valence-corrected chi connectivity index (χ3v) is 4.15. The molecule has 0 spiro atoms. The number of nitrogens with zero attached hydrogens (tertiary/aromatic N) is 2. The summed E-state index contributed by atoms with van der Waals surface area (Å²) in [5.74, 6) is 1.37. The molecule has 1 aromatic heterocycles. The minimum atomic E-state index is 0.415. The summed E-state index contributed by atoms with van der Waals surface area (Å²) in [5, 5.41) is 0.635. The predicted octanol–water partition coefficient (Wildman–Crippen LogP) is 4.04. The van der Waals surface area contributed by atoms with Crippen molar-refractivity contribution < 1.29 is 0 Å². The molecule has 0 bridgehead atoms. The Balaban J connectivity index is 1.89. The van der Waals surface area contributed by atoms with Crippen LogP contribution >= 0.6 is 23.2 Å². The molecule has 1 aliphatic heterocycles. The van der Waals surface area contributed by atoms with Gasteiger partial charge in [-0.3, -0.25) is 0 Å². The summed E-state index contributed by atoms with van der Waals surface area (Å²) in [6.07, 6.45) is 2.74. The van der Waals surface area contributed by atoms with Crippen LogP contribution < -0.4 is 4.90 Å². The van der Waals surface area contributed by atoms with E-state index < -0.39 is 0 Å². The number of anilines is 1. The van der Waals surface area contributed by atoms with E-state index in [9.17, 15) is 0 Å².